The number of benzene rings is 2. The zero-order valence-electron chi connectivity index (χ0n) is 12.5. The molecule has 1 atom stereocenters. The van der Waals surface area contributed by atoms with Crippen LogP contribution in [0, 0.1) is 10.1 Å². The van der Waals surface area contributed by atoms with E-state index < -0.39 is 4.92 Å². The first-order valence-corrected chi connectivity index (χ1v) is 8.30. The maximum atomic E-state index is 10.7. The highest BCUT2D eigenvalue weighted by molar-refractivity contribution is 7.99. The van der Waals surface area contributed by atoms with Crippen molar-refractivity contribution >= 4 is 29.1 Å². The maximum Gasteiger partial charge on any atom is 0.269 e. The molecule has 0 unspecified atom stereocenters. The first-order chi connectivity index (χ1) is 11.5. The first kappa shape index (κ1) is 16.5. The van der Waals surface area contributed by atoms with Crippen molar-refractivity contribution in [3.05, 3.63) is 69.6 Å². The number of aromatic nitrogens is 2. The van der Waals surface area contributed by atoms with Crippen molar-refractivity contribution in [2.24, 2.45) is 0 Å². The van der Waals surface area contributed by atoms with Gasteiger partial charge in [0, 0.05) is 22.6 Å². The molecule has 24 heavy (non-hydrogen) atoms. The van der Waals surface area contributed by atoms with Gasteiger partial charge in [-0.15, -0.1) is 22.0 Å². The molecule has 2 aromatic carbocycles. The Morgan fingerprint density at radius 3 is 2.54 bits per heavy atom. The minimum Gasteiger partial charge on any atom is -0.419 e. The van der Waals surface area contributed by atoms with Gasteiger partial charge in [-0.1, -0.05) is 23.7 Å². The van der Waals surface area contributed by atoms with Crippen molar-refractivity contribution in [2.75, 3.05) is 0 Å². The van der Waals surface area contributed by atoms with Gasteiger partial charge < -0.3 is 4.42 Å². The average molecular weight is 362 g/mol. The molecule has 0 N–H and O–H groups in total. The molecule has 8 heteroatoms. The fraction of sp³-hybridized carbons (Fsp3) is 0.125. The van der Waals surface area contributed by atoms with E-state index in [2.05, 4.69) is 10.2 Å². The SMILES string of the molecule is C[C@@H](Sc1ccccc1Cl)c1nnc(-c2ccc([N+](=O)[O-])cc2)o1. The first-order valence-electron chi connectivity index (χ1n) is 7.04. The van der Waals surface area contributed by atoms with E-state index in [4.69, 9.17) is 16.0 Å². The smallest absolute Gasteiger partial charge is 0.269 e. The van der Waals surface area contributed by atoms with E-state index in [1.165, 1.54) is 23.9 Å². The fourth-order valence-corrected chi connectivity index (χ4v) is 3.21. The Labute approximate surface area is 147 Å². The Hall–Kier alpha value is -2.38. The molecule has 6 nitrogen and oxygen atoms in total. The van der Waals surface area contributed by atoms with E-state index >= 15 is 0 Å². The summed E-state index contributed by atoms with van der Waals surface area (Å²) < 4.78 is 5.69. The lowest BCUT2D eigenvalue weighted by Gasteiger charge is -2.07. The number of nitro groups is 1. The molecule has 3 aromatic rings. The minimum absolute atomic E-state index is 0.0149. The zero-order valence-corrected chi connectivity index (χ0v) is 14.1. The number of hydrogen-bond acceptors (Lipinski definition) is 6. The summed E-state index contributed by atoms with van der Waals surface area (Å²) in [5.41, 5.74) is 0.649. The molecule has 0 bridgehead atoms. The Kier molecular flexibility index (Phi) is 4.82. The second-order valence-corrected chi connectivity index (χ2v) is 6.73. The second kappa shape index (κ2) is 7.02. The zero-order chi connectivity index (χ0) is 17.1. The van der Waals surface area contributed by atoms with Crippen LogP contribution in [0.4, 0.5) is 5.69 Å². The van der Waals surface area contributed by atoms with E-state index in [-0.39, 0.29) is 10.9 Å². The molecule has 0 aliphatic carbocycles. The van der Waals surface area contributed by atoms with Gasteiger partial charge in [0.05, 0.1) is 15.2 Å². The standard InChI is InChI=1S/C16H12ClN3O3S/c1-10(24-14-5-3-2-4-13(14)17)15-18-19-16(23-15)11-6-8-12(9-7-11)20(21)22/h2-10H,1H3/t10-/m1/s1. The van der Waals surface area contributed by atoms with Gasteiger partial charge in [-0.25, -0.2) is 0 Å². The van der Waals surface area contributed by atoms with Crippen LogP contribution in [0.15, 0.2) is 57.8 Å². The van der Waals surface area contributed by atoms with E-state index in [1.807, 2.05) is 31.2 Å². The van der Waals surface area contributed by atoms with Crippen LogP contribution >= 0.6 is 23.4 Å². The topological polar surface area (TPSA) is 82.1 Å². The Morgan fingerprint density at radius 2 is 1.88 bits per heavy atom. The molecule has 0 aliphatic rings. The van der Waals surface area contributed by atoms with Crippen molar-refractivity contribution in [1.82, 2.24) is 10.2 Å². The van der Waals surface area contributed by atoms with Gasteiger partial charge in [0.2, 0.25) is 11.8 Å². The van der Waals surface area contributed by atoms with E-state index in [0.29, 0.717) is 22.4 Å². The van der Waals surface area contributed by atoms with Crippen molar-refractivity contribution in [3.8, 4) is 11.5 Å². The maximum absolute atomic E-state index is 10.7. The van der Waals surface area contributed by atoms with Crippen LogP contribution in [0.1, 0.15) is 18.1 Å². The summed E-state index contributed by atoms with van der Waals surface area (Å²) in [6, 6.07) is 13.5. The van der Waals surface area contributed by atoms with E-state index in [0.717, 1.165) is 4.90 Å². The third-order valence-corrected chi connectivity index (χ3v) is 4.86. The summed E-state index contributed by atoms with van der Waals surface area (Å²) in [6.07, 6.45) is 0. The van der Waals surface area contributed by atoms with Crippen molar-refractivity contribution < 1.29 is 9.34 Å². The molecular formula is C16H12ClN3O3S. The normalized spacial score (nSPS) is 12.1. The van der Waals surface area contributed by atoms with E-state index in [9.17, 15) is 10.1 Å². The predicted molar refractivity (Wildman–Crippen MR) is 92.1 cm³/mol. The van der Waals surface area contributed by atoms with Gasteiger partial charge in [-0.3, -0.25) is 10.1 Å². The second-order valence-electron chi connectivity index (χ2n) is 4.94. The lowest BCUT2D eigenvalue weighted by molar-refractivity contribution is -0.384. The highest BCUT2D eigenvalue weighted by atomic mass is 35.5. The van der Waals surface area contributed by atoms with E-state index in [1.54, 1.807) is 12.1 Å². The van der Waals surface area contributed by atoms with Gasteiger partial charge in [0.15, 0.2) is 0 Å². The Balaban J connectivity index is 1.77. The number of nitro benzene ring substituents is 1. The number of nitrogens with zero attached hydrogens (tertiary/aromatic N) is 3. The lowest BCUT2D eigenvalue weighted by Crippen LogP contribution is -1.88. The summed E-state index contributed by atoms with van der Waals surface area (Å²) in [4.78, 5) is 11.2. The summed E-state index contributed by atoms with van der Waals surface area (Å²) >= 11 is 7.68. The number of halogens is 1. The van der Waals surface area contributed by atoms with Crippen LogP contribution < -0.4 is 0 Å². The summed E-state index contributed by atoms with van der Waals surface area (Å²) in [6.45, 7) is 1.95. The molecule has 0 aliphatic heterocycles. The van der Waals surface area contributed by atoms with Crippen molar-refractivity contribution in [3.63, 3.8) is 0 Å². The molecule has 3 rings (SSSR count). The molecule has 0 amide bonds. The number of hydrogen-bond donors (Lipinski definition) is 0. The van der Waals surface area contributed by atoms with Crippen LogP contribution in [0.5, 0.6) is 0 Å². The molecule has 122 valence electrons. The molecule has 0 fully saturated rings. The van der Waals surface area contributed by atoms with Gasteiger partial charge in [-0.2, -0.15) is 0 Å². The third-order valence-electron chi connectivity index (χ3n) is 3.25. The third kappa shape index (κ3) is 3.58. The fourth-order valence-electron chi connectivity index (χ4n) is 2.02. The molecule has 1 aromatic heterocycles. The summed E-state index contributed by atoms with van der Waals surface area (Å²) in [7, 11) is 0. The highest BCUT2D eigenvalue weighted by Gasteiger charge is 2.17. The minimum atomic E-state index is -0.453. The molecule has 0 radical (unpaired) electrons. The lowest BCUT2D eigenvalue weighted by atomic mass is 10.2. The molecule has 0 saturated carbocycles. The molecule has 0 saturated heterocycles. The summed E-state index contributed by atoms with van der Waals surface area (Å²) in [5, 5.41) is 19.3. The quantitative estimate of drug-likeness (QED) is 0.355. The summed E-state index contributed by atoms with van der Waals surface area (Å²) in [5.74, 6) is 0.791. The molecule has 1 heterocycles. The van der Waals surface area contributed by atoms with Crippen molar-refractivity contribution in [1.29, 1.82) is 0 Å². The molecule has 0 spiro atoms. The Bertz CT molecular complexity index is 867. The van der Waals surface area contributed by atoms with Crippen LogP contribution in [-0.4, -0.2) is 15.1 Å². The van der Waals surface area contributed by atoms with Crippen LogP contribution in [0.3, 0.4) is 0 Å². The van der Waals surface area contributed by atoms with Crippen LogP contribution in [0.2, 0.25) is 5.02 Å². The van der Waals surface area contributed by atoms with Crippen LogP contribution in [0.25, 0.3) is 11.5 Å². The largest absolute Gasteiger partial charge is 0.419 e. The van der Waals surface area contributed by atoms with Gasteiger partial charge >= 0.3 is 0 Å². The van der Waals surface area contributed by atoms with Crippen molar-refractivity contribution in [2.45, 2.75) is 17.1 Å². The van der Waals surface area contributed by atoms with Gasteiger partial charge in [0.1, 0.15) is 0 Å². The number of thioether (sulfide) groups is 1. The number of non-ortho nitro benzene ring substituents is 1. The van der Waals surface area contributed by atoms with Gasteiger partial charge in [0.25, 0.3) is 5.69 Å². The highest BCUT2D eigenvalue weighted by Crippen LogP contribution is 2.38. The van der Waals surface area contributed by atoms with Crippen LogP contribution in [-0.2, 0) is 0 Å². The number of rotatable bonds is 5. The predicted octanol–water partition coefficient (Wildman–Crippen LogP) is 5.15. The average Bonchev–Trinajstić information content (AvgIpc) is 3.07. The monoisotopic (exact) mass is 361 g/mol. The molecular weight excluding hydrogens is 350 g/mol. The van der Waals surface area contributed by atoms with Gasteiger partial charge in [-0.05, 0) is 31.2 Å². The Morgan fingerprint density at radius 1 is 1.17 bits per heavy atom.